The van der Waals surface area contributed by atoms with E-state index in [0.29, 0.717) is 6.54 Å². The maximum atomic E-state index is 5.32. The van der Waals surface area contributed by atoms with Crippen molar-refractivity contribution in [3.63, 3.8) is 0 Å². The van der Waals surface area contributed by atoms with Gasteiger partial charge in [0.25, 0.3) is 0 Å². The summed E-state index contributed by atoms with van der Waals surface area (Å²) in [7, 11) is 0. The Morgan fingerprint density at radius 3 is 3.17 bits per heavy atom. The Morgan fingerprint density at radius 2 is 2.58 bits per heavy atom. The number of H-pyrrole nitrogens is 1. The minimum Gasteiger partial charge on any atom is -0.341 e. The summed E-state index contributed by atoms with van der Waals surface area (Å²) in [6.07, 6.45) is 4.49. The Morgan fingerprint density at radius 1 is 1.75 bits per heavy atom. The Kier molecular flexibility index (Phi) is 3.47. The molecule has 0 aliphatic carbocycles. The first-order valence-electron chi connectivity index (χ1n) is 4.04. The van der Waals surface area contributed by atoms with Crippen LogP contribution in [-0.4, -0.2) is 29.3 Å². The van der Waals surface area contributed by atoms with Crippen LogP contribution < -0.4 is 5.73 Å². The Balaban J connectivity index is 2.36. The van der Waals surface area contributed by atoms with Gasteiger partial charge < -0.3 is 10.7 Å². The zero-order valence-electron chi connectivity index (χ0n) is 7.25. The summed E-state index contributed by atoms with van der Waals surface area (Å²) in [5.41, 5.74) is 6.27. The molecule has 0 radical (unpaired) electrons. The van der Waals surface area contributed by atoms with Crippen LogP contribution in [0.4, 0.5) is 0 Å². The highest BCUT2D eigenvalue weighted by Gasteiger charge is 1.90. The summed E-state index contributed by atoms with van der Waals surface area (Å²) in [6, 6.07) is 0. The minimum absolute atomic E-state index is 0.694. The number of imidazole rings is 1. The Labute approximate surface area is 71.9 Å². The molecule has 0 saturated heterocycles. The number of hydrogen-bond donors (Lipinski definition) is 2. The van der Waals surface area contributed by atoms with Crippen LogP contribution >= 0.6 is 0 Å². The lowest BCUT2D eigenvalue weighted by Gasteiger charge is -1.88. The van der Waals surface area contributed by atoms with Gasteiger partial charge in [-0.3, -0.25) is 4.99 Å². The maximum Gasteiger partial charge on any atom is 0.103 e. The van der Waals surface area contributed by atoms with Crippen molar-refractivity contribution in [2.24, 2.45) is 10.7 Å². The van der Waals surface area contributed by atoms with Crippen molar-refractivity contribution in [3.05, 3.63) is 17.7 Å². The van der Waals surface area contributed by atoms with Crippen LogP contribution in [0.15, 0.2) is 11.2 Å². The molecule has 0 bridgehead atoms. The molecule has 0 amide bonds. The van der Waals surface area contributed by atoms with E-state index in [4.69, 9.17) is 5.73 Å². The molecule has 0 aliphatic rings. The summed E-state index contributed by atoms with van der Waals surface area (Å²) in [5, 5.41) is 0. The second-order valence-electron chi connectivity index (χ2n) is 2.60. The lowest BCUT2D eigenvalue weighted by molar-refractivity contribution is 0.847. The molecule has 0 saturated carbocycles. The van der Waals surface area contributed by atoms with Gasteiger partial charge in [0.2, 0.25) is 0 Å². The summed E-state index contributed by atoms with van der Waals surface area (Å²) in [6.45, 7) is 3.39. The van der Waals surface area contributed by atoms with E-state index in [1.165, 1.54) is 0 Å². The van der Waals surface area contributed by atoms with Crippen LogP contribution in [0.3, 0.4) is 0 Å². The van der Waals surface area contributed by atoms with Gasteiger partial charge in [-0.2, -0.15) is 0 Å². The van der Waals surface area contributed by atoms with Gasteiger partial charge in [-0.25, -0.2) is 4.98 Å². The molecule has 3 N–H and O–H groups in total. The highest BCUT2D eigenvalue weighted by molar-refractivity contribution is 5.76. The molecule has 0 atom stereocenters. The van der Waals surface area contributed by atoms with E-state index >= 15 is 0 Å². The fourth-order valence-corrected chi connectivity index (χ4v) is 0.851. The minimum atomic E-state index is 0.694. The van der Waals surface area contributed by atoms with Gasteiger partial charge in [0.15, 0.2) is 0 Å². The number of nitrogens with two attached hydrogens (primary N) is 1. The number of aryl methyl sites for hydroxylation is 1. The lowest BCUT2D eigenvalue weighted by Crippen LogP contribution is -2.00. The van der Waals surface area contributed by atoms with E-state index in [9.17, 15) is 0 Å². The molecule has 1 heterocycles. The van der Waals surface area contributed by atoms with Crippen LogP contribution in [0.2, 0.25) is 0 Å². The third kappa shape index (κ3) is 2.84. The predicted molar refractivity (Wildman–Crippen MR) is 49.5 cm³/mol. The normalized spacial score (nSPS) is 11.2. The fraction of sp³-hybridized carbons (Fsp3) is 0.500. The van der Waals surface area contributed by atoms with Gasteiger partial charge in [-0.05, 0) is 19.9 Å². The highest BCUT2D eigenvalue weighted by atomic mass is 14.9. The Hall–Kier alpha value is -1.16. The van der Waals surface area contributed by atoms with E-state index < -0.39 is 0 Å². The number of aromatic amines is 1. The molecule has 1 rings (SSSR count). The van der Waals surface area contributed by atoms with Crippen LogP contribution in [-0.2, 0) is 0 Å². The van der Waals surface area contributed by atoms with E-state index in [-0.39, 0.29) is 0 Å². The van der Waals surface area contributed by atoms with Gasteiger partial charge in [-0.1, -0.05) is 0 Å². The summed E-state index contributed by atoms with van der Waals surface area (Å²) < 4.78 is 0. The van der Waals surface area contributed by atoms with Crippen molar-refractivity contribution < 1.29 is 0 Å². The molecular weight excluding hydrogens is 152 g/mol. The van der Waals surface area contributed by atoms with Gasteiger partial charge in [0.05, 0.1) is 11.9 Å². The van der Waals surface area contributed by atoms with Gasteiger partial charge in [0.1, 0.15) is 5.82 Å². The monoisotopic (exact) mass is 166 g/mol. The smallest absolute Gasteiger partial charge is 0.103 e. The second kappa shape index (κ2) is 4.66. The quantitative estimate of drug-likeness (QED) is 0.505. The zero-order valence-corrected chi connectivity index (χ0v) is 7.25. The standard InChI is InChI=1S/C8H14N4/c1-7-11-6-8(12-7)5-10-4-2-3-9/h5-6H,2-4,9H2,1H3,(H,11,12). The average molecular weight is 166 g/mol. The summed E-state index contributed by atoms with van der Waals surface area (Å²) in [4.78, 5) is 11.3. The molecule has 4 nitrogen and oxygen atoms in total. The van der Waals surface area contributed by atoms with Gasteiger partial charge in [0, 0.05) is 12.8 Å². The third-order valence-corrected chi connectivity index (χ3v) is 1.44. The van der Waals surface area contributed by atoms with Gasteiger partial charge >= 0.3 is 0 Å². The topological polar surface area (TPSA) is 67.1 Å². The third-order valence-electron chi connectivity index (χ3n) is 1.44. The first-order valence-corrected chi connectivity index (χ1v) is 4.04. The lowest BCUT2D eigenvalue weighted by atomic mass is 10.4. The number of hydrogen-bond acceptors (Lipinski definition) is 3. The first-order chi connectivity index (χ1) is 5.83. The zero-order chi connectivity index (χ0) is 8.81. The highest BCUT2D eigenvalue weighted by Crippen LogP contribution is 1.91. The predicted octanol–water partition coefficient (Wildman–Crippen LogP) is 0.486. The first kappa shape index (κ1) is 8.93. The second-order valence-corrected chi connectivity index (χ2v) is 2.60. The molecular formula is C8H14N4. The molecule has 12 heavy (non-hydrogen) atoms. The van der Waals surface area contributed by atoms with E-state index in [0.717, 1.165) is 24.5 Å². The van der Waals surface area contributed by atoms with Crippen LogP contribution in [0.1, 0.15) is 17.9 Å². The van der Waals surface area contributed by atoms with E-state index in [1.54, 1.807) is 12.4 Å². The van der Waals surface area contributed by atoms with Crippen molar-refractivity contribution in [2.45, 2.75) is 13.3 Å². The molecule has 0 spiro atoms. The number of aliphatic imine (C=N–C) groups is 1. The van der Waals surface area contributed by atoms with Crippen molar-refractivity contribution in [2.75, 3.05) is 13.1 Å². The molecule has 66 valence electrons. The molecule has 0 aliphatic heterocycles. The summed E-state index contributed by atoms with van der Waals surface area (Å²) >= 11 is 0. The molecule has 1 aromatic heterocycles. The molecule has 0 aromatic carbocycles. The van der Waals surface area contributed by atoms with Crippen molar-refractivity contribution >= 4 is 6.21 Å². The van der Waals surface area contributed by atoms with Crippen LogP contribution in [0.5, 0.6) is 0 Å². The maximum absolute atomic E-state index is 5.32. The SMILES string of the molecule is Cc1ncc(C=NCCCN)[nH]1. The summed E-state index contributed by atoms with van der Waals surface area (Å²) in [5.74, 6) is 0.912. The molecule has 4 heteroatoms. The molecule has 0 unspecified atom stereocenters. The van der Waals surface area contributed by atoms with Crippen molar-refractivity contribution in [3.8, 4) is 0 Å². The largest absolute Gasteiger partial charge is 0.341 e. The Bertz CT molecular complexity index is 251. The molecule has 0 fully saturated rings. The number of rotatable bonds is 4. The van der Waals surface area contributed by atoms with Crippen molar-refractivity contribution in [1.82, 2.24) is 9.97 Å². The average Bonchev–Trinajstić information content (AvgIpc) is 2.45. The molecule has 1 aromatic rings. The van der Waals surface area contributed by atoms with E-state index in [2.05, 4.69) is 15.0 Å². The fourth-order valence-electron chi connectivity index (χ4n) is 0.851. The van der Waals surface area contributed by atoms with Crippen LogP contribution in [0.25, 0.3) is 0 Å². The van der Waals surface area contributed by atoms with Gasteiger partial charge in [-0.15, -0.1) is 0 Å². The van der Waals surface area contributed by atoms with Crippen molar-refractivity contribution in [1.29, 1.82) is 0 Å². The number of aromatic nitrogens is 2. The number of nitrogens with zero attached hydrogens (tertiary/aromatic N) is 2. The number of nitrogens with one attached hydrogen (secondary N) is 1. The van der Waals surface area contributed by atoms with E-state index in [1.807, 2.05) is 6.92 Å². The van der Waals surface area contributed by atoms with Crippen LogP contribution in [0, 0.1) is 6.92 Å².